The van der Waals surface area contributed by atoms with Gasteiger partial charge in [0.1, 0.15) is 5.76 Å². The lowest BCUT2D eigenvalue weighted by Gasteiger charge is -2.26. The molecule has 0 aromatic heterocycles. The zero-order valence-electron chi connectivity index (χ0n) is 17.1. The first-order chi connectivity index (χ1) is 14.9. The third-order valence-corrected chi connectivity index (χ3v) is 5.57. The number of anilines is 2. The van der Waals surface area contributed by atoms with Gasteiger partial charge in [-0.2, -0.15) is 0 Å². The third kappa shape index (κ3) is 3.80. The average molecular weight is 433 g/mol. The van der Waals surface area contributed by atoms with Crippen LogP contribution in [0, 0.1) is 0 Å². The van der Waals surface area contributed by atoms with Crippen LogP contribution >= 0.6 is 11.6 Å². The number of Topliss-reactive ketones (excluding diaryl/α,β-unsaturated/α-hetero) is 1. The van der Waals surface area contributed by atoms with Crippen molar-refractivity contribution in [2.45, 2.75) is 6.04 Å². The minimum Gasteiger partial charge on any atom is -0.507 e. The van der Waals surface area contributed by atoms with Crippen LogP contribution in [-0.2, 0) is 9.59 Å². The highest BCUT2D eigenvalue weighted by molar-refractivity contribution is 6.51. The van der Waals surface area contributed by atoms with Gasteiger partial charge in [0.25, 0.3) is 11.7 Å². The van der Waals surface area contributed by atoms with Crippen LogP contribution in [0.4, 0.5) is 11.4 Å². The molecule has 3 aromatic carbocycles. The molecule has 1 aliphatic heterocycles. The largest absolute Gasteiger partial charge is 0.507 e. The van der Waals surface area contributed by atoms with Crippen LogP contribution < -0.4 is 9.80 Å². The second-order valence-corrected chi connectivity index (χ2v) is 7.93. The van der Waals surface area contributed by atoms with Crippen molar-refractivity contribution in [1.29, 1.82) is 0 Å². The Morgan fingerprint density at radius 3 is 2.10 bits per heavy atom. The van der Waals surface area contributed by atoms with Crippen molar-refractivity contribution in [2.75, 3.05) is 23.9 Å². The minimum atomic E-state index is -0.755. The molecule has 1 saturated heterocycles. The number of aliphatic hydroxyl groups is 1. The molecule has 31 heavy (non-hydrogen) atoms. The van der Waals surface area contributed by atoms with Gasteiger partial charge in [-0.05, 0) is 54.1 Å². The molecule has 4 rings (SSSR count). The van der Waals surface area contributed by atoms with E-state index in [0.717, 1.165) is 11.3 Å². The molecule has 6 heteroatoms. The van der Waals surface area contributed by atoms with Crippen molar-refractivity contribution in [2.24, 2.45) is 0 Å². The standard InChI is InChI=1S/C25H21ClN2O3/c1-27(2)19-14-10-16(11-15-19)22-21(23(29)17-8-12-18(26)13-9-17)24(30)25(31)28(22)20-6-4-3-5-7-20/h3-15,22,29H,1-2H3/b23-21+. The molecule has 5 nitrogen and oxygen atoms in total. The van der Waals surface area contributed by atoms with E-state index >= 15 is 0 Å². The lowest BCUT2D eigenvalue weighted by atomic mass is 9.95. The molecule has 0 saturated carbocycles. The second-order valence-electron chi connectivity index (χ2n) is 7.50. The van der Waals surface area contributed by atoms with Crippen LogP contribution in [0.2, 0.25) is 5.02 Å². The number of carbonyl (C=O) groups is 2. The first-order valence-electron chi connectivity index (χ1n) is 9.78. The Balaban J connectivity index is 1.91. The summed E-state index contributed by atoms with van der Waals surface area (Å²) < 4.78 is 0. The highest BCUT2D eigenvalue weighted by Crippen LogP contribution is 2.42. The summed E-state index contributed by atoms with van der Waals surface area (Å²) in [6.45, 7) is 0. The van der Waals surface area contributed by atoms with E-state index in [1.807, 2.05) is 49.3 Å². The summed E-state index contributed by atoms with van der Waals surface area (Å²) in [6, 6.07) is 22.3. The number of carbonyl (C=O) groups excluding carboxylic acids is 2. The molecule has 0 spiro atoms. The molecule has 0 radical (unpaired) electrons. The van der Waals surface area contributed by atoms with Gasteiger partial charge in [-0.1, -0.05) is 41.9 Å². The van der Waals surface area contributed by atoms with E-state index in [-0.39, 0.29) is 11.3 Å². The Morgan fingerprint density at radius 1 is 0.903 bits per heavy atom. The Kier molecular flexibility index (Phi) is 5.53. The molecule has 1 N–H and O–H groups in total. The summed E-state index contributed by atoms with van der Waals surface area (Å²) in [4.78, 5) is 29.6. The lowest BCUT2D eigenvalue weighted by Crippen LogP contribution is -2.29. The molecular formula is C25H21ClN2O3. The average Bonchev–Trinajstić information content (AvgIpc) is 3.05. The smallest absolute Gasteiger partial charge is 0.300 e. The van der Waals surface area contributed by atoms with E-state index in [2.05, 4.69) is 0 Å². The molecule has 1 aliphatic rings. The van der Waals surface area contributed by atoms with E-state index in [4.69, 9.17) is 11.6 Å². The molecule has 3 aromatic rings. The summed E-state index contributed by atoms with van der Waals surface area (Å²) >= 11 is 5.97. The number of halogens is 1. The van der Waals surface area contributed by atoms with E-state index in [1.165, 1.54) is 4.90 Å². The monoisotopic (exact) mass is 432 g/mol. The Labute approximate surface area is 185 Å². The molecular weight excluding hydrogens is 412 g/mol. The number of aliphatic hydroxyl groups excluding tert-OH is 1. The first-order valence-corrected chi connectivity index (χ1v) is 10.2. The number of amides is 1. The molecule has 0 aliphatic carbocycles. The quantitative estimate of drug-likeness (QED) is 0.357. The number of ketones is 1. The summed E-state index contributed by atoms with van der Waals surface area (Å²) in [6.07, 6.45) is 0. The number of para-hydroxylation sites is 1. The van der Waals surface area contributed by atoms with Gasteiger partial charge in [0.15, 0.2) is 0 Å². The Bertz CT molecular complexity index is 1150. The SMILES string of the molecule is CN(C)c1ccc(C2/C(=C(\O)c3ccc(Cl)cc3)C(=O)C(=O)N2c2ccccc2)cc1. The molecule has 1 unspecified atom stereocenters. The lowest BCUT2D eigenvalue weighted by molar-refractivity contribution is -0.132. The molecule has 0 bridgehead atoms. The van der Waals surface area contributed by atoms with Crippen LogP contribution in [0.15, 0.2) is 84.4 Å². The predicted molar refractivity (Wildman–Crippen MR) is 123 cm³/mol. The van der Waals surface area contributed by atoms with Gasteiger partial charge in [0.05, 0.1) is 11.6 Å². The van der Waals surface area contributed by atoms with Crippen molar-refractivity contribution in [1.82, 2.24) is 0 Å². The van der Waals surface area contributed by atoms with Gasteiger partial charge in [-0.15, -0.1) is 0 Å². The zero-order valence-corrected chi connectivity index (χ0v) is 17.9. The van der Waals surface area contributed by atoms with Crippen LogP contribution in [0.3, 0.4) is 0 Å². The van der Waals surface area contributed by atoms with E-state index in [0.29, 0.717) is 16.3 Å². The van der Waals surface area contributed by atoms with Gasteiger partial charge >= 0.3 is 0 Å². The maximum atomic E-state index is 13.1. The topological polar surface area (TPSA) is 60.9 Å². The van der Waals surface area contributed by atoms with E-state index in [9.17, 15) is 14.7 Å². The van der Waals surface area contributed by atoms with Crippen LogP contribution in [0.1, 0.15) is 17.2 Å². The summed E-state index contributed by atoms with van der Waals surface area (Å²) in [5.41, 5.74) is 2.77. The molecule has 1 amide bonds. The van der Waals surface area contributed by atoms with Crippen LogP contribution in [0.25, 0.3) is 5.76 Å². The molecule has 1 fully saturated rings. The zero-order chi connectivity index (χ0) is 22.1. The number of rotatable bonds is 4. The highest BCUT2D eigenvalue weighted by atomic mass is 35.5. The summed E-state index contributed by atoms with van der Waals surface area (Å²) in [5, 5.41) is 11.6. The minimum absolute atomic E-state index is 0.0498. The van der Waals surface area contributed by atoms with Crippen molar-refractivity contribution in [3.8, 4) is 0 Å². The predicted octanol–water partition coefficient (Wildman–Crippen LogP) is 5.03. The number of nitrogens with zero attached hydrogens (tertiary/aromatic N) is 2. The first kappa shape index (κ1) is 20.7. The number of benzene rings is 3. The van der Waals surface area contributed by atoms with Gasteiger partial charge in [0, 0.05) is 36.1 Å². The fourth-order valence-corrected chi connectivity index (χ4v) is 3.85. The van der Waals surface area contributed by atoms with E-state index in [1.54, 1.807) is 48.5 Å². The molecule has 1 heterocycles. The highest BCUT2D eigenvalue weighted by Gasteiger charge is 2.46. The summed E-state index contributed by atoms with van der Waals surface area (Å²) in [5.74, 6) is -1.63. The van der Waals surface area contributed by atoms with E-state index < -0.39 is 17.7 Å². The van der Waals surface area contributed by atoms with Gasteiger partial charge in [-0.3, -0.25) is 14.5 Å². The fraction of sp³-hybridized carbons (Fsp3) is 0.120. The fourth-order valence-electron chi connectivity index (χ4n) is 3.72. The normalized spacial score (nSPS) is 17.8. The number of hydrogen-bond acceptors (Lipinski definition) is 4. The second kappa shape index (κ2) is 8.28. The number of hydrogen-bond donors (Lipinski definition) is 1. The van der Waals surface area contributed by atoms with Crippen molar-refractivity contribution < 1.29 is 14.7 Å². The molecule has 156 valence electrons. The van der Waals surface area contributed by atoms with Crippen molar-refractivity contribution in [3.63, 3.8) is 0 Å². The third-order valence-electron chi connectivity index (χ3n) is 5.32. The van der Waals surface area contributed by atoms with Gasteiger partial charge in [-0.25, -0.2) is 0 Å². The van der Waals surface area contributed by atoms with Crippen molar-refractivity contribution >= 4 is 40.4 Å². The Hall–Kier alpha value is -3.57. The van der Waals surface area contributed by atoms with Crippen LogP contribution in [-0.4, -0.2) is 30.9 Å². The molecule has 1 atom stereocenters. The maximum Gasteiger partial charge on any atom is 0.300 e. The maximum absolute atomic E-state index is 13.1. The van der Waals surface area contributed by atoms with Gasteiger partial charge < -0.3 is 10.0 Å². The van der Waals surface area contributed by atoms with Gasteiger partial charge in [0.2, 0.25) is 0 Å². The summed E-state index contributed by atoms with van der Waals surface area (Å²) in [7, 11) is 3.87. The van der Waals surface area contributed by atoms with Crippen LogP contribution in [0.5, 0.6) is 0 Å². The Morgan fingerprint density at radius 2 is 1.52 bits per heavy atom. The van der Waals surface area contributed by atoms with Crippen molar-refractivity contribution in [3.05, 3.63) is 101 Å².